The van der Waals surface area contributed by atoms with Gasteiger partial charge < -0.3 is 10.8 Å². The van der Waals surface area contributed by atoms with Crippen molar-refractivity contribution in [2.24, 2.45) is 5.73 Å². The number of nitrogens with two attached hydrogens (primary N) is 1. The highest BCUT2D eigenvalue weighted by Gasteiger charge is 2.18. The Morgan fingerprint density at radius 2 is 2.00 bits per heavy atom. The van der Waals surface area contributed by atoms with Crippen molar-refractivity contribution >= 4 is 16.1 Å². The molecule has 0 aliphatic heterocycles. The Hall–Kier alpha value is -0.920. The first kappa shape index (κ1) is 16.5. The molecule has 0 rings (SSSR count). The van der Waals surface area contributed by atoms with Crippen LogP contribution in [-0.4, -0.2) is 35.8 Å². The number of hydrogen-bond acceptors (Lipinski definition) is 4. The molecule has 0 aliphatic carbocycles. The number of aliphatic carboxylic acids is 1. The minimum Gasteiger partial charge on any atom is -0.478 e. The van der Waals surface area contributed by atoms with Crippen molar-refractivity contribution in [2.45, 2.75) is 25.0 Å². The van der Waals surface area contributed by atoms with Gasteiger partial charge in [-0.15, -0.1) is 0 Å². The summed E-state index contributed by atoms with van der Waals surface area (Å²) in [6, 6.07) is 0. The lowest BCUT2D eigenvalue weighted by molar-refractivity contribution is -0.131. The standard InChI is InChI=1S/C5H13NO3S.C3H4O2/c1-2-5(3-4-6)10(7,8)9;1-2-3(4)5/h5H,2-4,6H2,1H3,(H,7,8,9);2H,1H2,(H,4,5). The van der Waals surface area contributed by atoms with Gasteiger partial charge in [-0.2, -0.15) is 8.42 Å². The Morgan fingerprint density at radius 1 is 1.60 bits per heavy atom. The van der Waals surface area contributed by atoms with E-state index in [0.29, 0.717) is 12.8 Å². The summed E-state index contributed by atoms with van der Waals surface area (Å²) < 4.78 is 29.4. The van der Waals surface area contributed by atoms with Crippen LogP contribution >= 0.6 is 0 Å². The second-order valence-corrected chi connectivity index (χ2v) is 4.36. The Bertz CT molecular complexity index is 285. The normalized spacial score (nSPS) is 12.2. The van der Waals surface area contributed by atoms with E-state index in [-0.39, 0.29) is 6.54 Å². The van der Waals surface area contributed by atoms with Gasteiger partial charge in [0, 0.05) is 6.08 Å². The first-order valence-corrected chi connectivity index (χ1v) is 5.81. The number of carbonyl (C=O) groups is 1. The number of rotatable bonds is 5. The third-order valence-electron chi connectivity index (χ3n) is 1.54. The predicted molar refractivity (Wildman–Crippen MR) is 57.1 cm³/mol. The summed E-state index contributed by atoms with van der Waals surface area (Å²) in [5.74, 6) is -0.981. The van der Waals surface area contributed by atoms with Crippen LogP contribution in [-0.2, 0) is 14.9 Å². The van der Waals surface area contributed by atoms with Gasteiger partial charge in [-0.25, -0.2) is 4.79 Å². The SMILES string of the molecule is C=CC(=O)O.CCC(CCN)S(=O)(=O)O. The van der Waals surface area contributed by atoms with Crippen molar-refractivity contribution in [3.63, 3.8) is 0 Å². The Balaban J connectivity index is 0. The molecule has 0 aromatic carbocycles. The van der Waals surface area contributed by atoms with Crippen molar-refractivity contribution in [3.05, 3.63) is 12.7 Å². The fraction of sp³-hybridized carbons (Fsp3) is 0.625. The Morgan fingerprint density at radius 3 is 2.07 bits per heavy atom. The van der Waals surface area contributed by atoms with Crippen LogP contribution in [0.5, 0.6) is 0 Å². The van der Waals surface area contributed by atoms with Crippen LogP contribution in [0.15, 0.2) is 12.7 Å². The Kier molecular flexibility index (Phi) is 9.24. The minimum absolute atomic E-state index is 0.290. The van der Waals surface area contributed by atoms with E-state index >= 15 is 0 Å². The van der Waals surface area contributed by atoms with Crippen molar-refractivity contribution in [1.82, 2.24) is 0 Å². The maximum absolute atomic E-state index is 10.5. The van der Waals surface area contributed by atoms with Crippen LogP contribution < -0.4 is 5.73 Å². The summed E-state index contributed by atoms with van der Waals surface area (Å²) in [7, 11) is -3.86. The molecule has 4 N–H and O–H groups in total. The lowest BCUT2D eigenvalue weighted by atomic mass is 10.2. The van der Waals surface area contributed by atoms with Crippen molar-refractivity contribution < 1.29 is 22.9 Å². The first-order valence-electron chi connectivity index (χ1n) is 4.31. The van der Waals surface area contributed by atoms with Crippen LogP contribution in [0.1, 0.15) is 19.8 Å². The molecule has 0 aromatic heterocycles. The van der Waals surface area contributed by atoms with Crippen LogP contribution in [0.25, 0.3) is 0 Å². The van der Waals surface area contributed by atoms with Gasteiger partial charge in [0.25, 0.3) is 10.1 Å². The molecule has 6 nitrogen and oxygen atoms in total. The molecule has 90 valence electrons. The number of hydrogen-bond donors (Lipinski definition) is 3. The van der Waals surface area contributed by atoms with Crippen LogP contribution in [0, 0.1) is 0 Å². The van der Waals surface area contributed by atoms with Gasteiger partial charge in [0.05, 0.1) is 5.25 Å². The van der Waals surface area contributed by atoms with Crippen LogP contribution in [0.3, 0.4) is 0 Å². The van der Waals surface area contributed by atoms with E-state index in [2.05, 4.69) is 6.58 Å². The summed E-state index contributed by atoms with van der Waals surface area (Å²) in [6.45, 7) is 4.95. The largest absolute Gasteiger partial charge is 0.478 e. The van der Waals surface area contributed by atoms with Crippen molar-refractivity contribution in [2.75, 3.05) is 6.54 Å². The molecule has 15 heavy (non-hydrogen) atoms. The third-order valence-corrected chi connectivity index (χ3v) is 2.95. The van der Waals surface area contributed by atoms with E-state index < -0.39 is 21.3 Å². The van der Waals surface area contributed by atoms with Crippen LogP contribution in [0.4, 0.5) is 0 Å². The highest BCUT2D eigenvalue weighted by molar-refractivity contribution is 7.86. The lowest BCUT2D eigenvalue weighted by Crippen LogP contribution is -2.22. The third kappa shape index (κ3) is 11.0. The predicted octanol–water partition coefficient (Wildman–Crippen LogP) is 0.259. The summed E-state index contributed by atoms with van der Waals surface area (Å²) in [5.41, 5.74) is 5.13. The topological polar surface area (TPSA) is 118 Å². The second-order valence-electron chi connectivity index (χ2n) is 2.66. The number of carboxylic acids is 1. The quantitative estimate of drug-likeness (QED) is 0.468. The molecule has 0 fully saturated rings. The zero-order chi connectivity index (χ0) is 12.5. The molecular formula is C8H17NO5S. The van der Waals surface area contributed by atoms with E-state index in [1.807, 2.05) is 0 Å². The molecule has 1 unspecified atom stereocenters. The van der Waals surface area contributed by atoms with Gasteiger partial charge in [-0.3, -0.25) is 4.55 Å². The van der Waals surface area contributed by atoms with E-state index in [4.69, 9.17) is 15.4 Å². The molecule has 0 aliphatic rings. The average Bonchev–Trinajstić information content (AvgIpc) is 2.13. The summed E-state index contributed by atoms with van der Waals surface area (Å²) in [6.07, 6.45) is 1.57. The highest BCUT2D eigenvalue weighted by Crippen LogP contribution is 2.06. The van der Waals surface area contributed by atoms with Gasteiger partial charge in [-0.1, -0.05) is 13.5 Å². The molecule has 0 bridgehead atoms. The van der Waals surface area contributed by atoms with E-state index in [9.17, 15) is 13.2 Å². The van der Waals surface area contributed by atoms with Gasteiger partial charge in [0.2, 0.25) is 0 Å². The molecule has 1 atom stereocenters. The number of carboxylic acid groups (broad SMARTS) is 1. The molecule has 0 heterocycles. The zero-order valence-electron chi connectivity index (χ0n) is 8.59. The zero-order valence-corrected chi connectivity index (χ0v) is 9.40. The molecule has 7 heteroatoms. The molecular weight excluding hydrogens is 222 g/mol. The fourth-order valence-corrected chi connectivity index (χ4v) is 1.60. The molecule has 0 radical (unpaired) electrons. The van der Waals surface area contributed by atoms with Gasteiger partial charge in [0.1, 0.15) is 0 Å². The summed E-state index contributed by atoms with van der Waals surface area (Å²) in [4.78, 5) is 9.25. The van der Waals surface area contributed by atoms with E-state index in [1.165, 1.54) is 0 Å². The Labute approximate surface area is 89.5 Å². The molecule has 0 saturated heterocycles. The van der Waals surface area contributed by atoms with Crippen LogP contribution in [0.2, 0.25) is 0 Å². The lowest BCUT2D eigenvalue weighted by Gasteiger charge is -2.08. The molecule has 0 amide bonds. The van der Waals surface area contributed by atoms with Gasteiger partial charge >= 0.3 is 5.97 Å². The van der Waals surface area contributed by atoms with Gasteiger partial charge in [0.15, 0.2) is 0 Å². The minimum atomic E-state index is -3.86. The average molecular weight is 239 g/mol. The summed E-state index contributed by atoms with van der Waals surface area (Å²) >= 11 is 0. The molecule has 0 aromatic rings. The molecule has 0 spiro atoms. The monoisotopic (exact) mass is 239 g/mol. The maximum atomic E-state index is 10.5. The van der Waals surface area contributed by atoms with Crippen molar-refractivity contribution in [1.29, 1.82) is 0 Å². The van der Waals surface area contributed by atoms with E-state index in [1.54, 1.807) is 6.92 Å². The molecule has 0 saturated carbocycles. The van der Waals surface area contributed by atoms with E-state index in [0.717, 1.165) is 6.08 Å². The highest BCUT2D eigenvalue weighted by atomic mass is 32.2. The maximum Gasteiger partial charge on any atom is 0.327 e. The van der Waals surface area contributed by atoms with Gasteiger partial charge in [-0.05, 0) is 19.4 Å². The summed E-state index contributed by atoms with van der Waals surface area (Å²) in [5, 5.41) is 6.92. The van der Waals surface area contributed by atoms with Crippen molar-refractivity contribution in [3.8, 4) is 0 Å². The first-order chi connectivity index (χ1) is 6.79. The smallest absolute Gasteiger partial charge is 0.327 e. The fourth-order valence-electron chi connectivity index (χ4n) is 0.750. The second kappa shape index (κ2) is 8.39.